The standard InChI is InChI=1S/C20H19IN2O4/c1-3-25-15-6-8-17-14(10-15)11-19(27-17)20(24)23-22-12-13-5-7-18(26-4-2)16(21)9-13/h5-12H,3-4H2,1-2H3,(H,23,24)/b22-12+. The van der Waals surface area contributed by atoms with E-state index in [0.29, 0.717) is 18.8 Å². The van der Waals surface area contributed by atoms with Crippen molar-refractivity contribution in [3.05, 3.63) is 57.4 Å². The number of carbonyl (C=O) groups excluding carboxylic acids is 1. The van der Waals surface area contributed by atoms with Gasteiger partial charge in [0.1, 0.15) is 17.1 Å². The first-order valence-corrected chi connectivity index (χ1v) is 9.60. The van der Waals surface area contributed by atoms with Crippen molar-refractivity contribution >= 4 is 45.7 Å². The van der Waals surface area contributed by atoms with Gasteiger partial charge in [-0.25, -0.2) is 5.43 Å². The lowest BCUT2D eigenvalue weighted by atomic mass is 10.2. The summed E-state index contributed by atoms with van der Waals surface area (Å²) in [4.78, 5) is 12.3. The SMILES string of the molecule is CCOc1ccc2oc(C(=O)N/N=C/c3ccc(OCC)c(I)c3)cc2c1. The summed E-state index contributed by atoms with van der Waals surface area (Å²) >= 11 is 2.20. The lowest BCUT2D eigenvalue weighted by molar-refractivity contribution is 0.0929. The largest absolute Gasteiger partial charge is 0.494 e. The first-order chi connectivity index (χ1) is 13.1. The van der Waals surface area contributed by atoms with Crippen LogP contribution < -0.4 is 14.9 Å². The Hall–Kier alpha value is -2.55. The molecule has 0 saturated carbocycles. The maximum absolute atomic E-state index is 12.3. The third kappa shape index (κ3) is 4.79. The number of amides is 1. The van der Waals surface area contributed by atoms with Gasteiger partial charge in [0.25, 0.3) is 0 Å². The second-order valence-corrected chi connectivity index (χ2v) is 6.73. The lowest BCUT2D eigenvalue weighted by Gasteiger charge is -2.05. The van der Waals surface area contributed by atoms with Gasteiger partial charge in [0.05, 0.1) is 23.0 Å². The molecule has 0 spiro atoms. The lowest BCUT2D eigenvalue weighted by Crippen LogP contribution is -2.16. The number of halogens is 1. The van der Waals surface area contributed by atoms with E-state index >= 15 is 0 Å². The maximum Gasteiger partial charge on any atom is 0.307 e. The monoisotopic (exact) mass is 478 g/mol. The van der Waals surface area contributed by atoms with Gasteiger partial charge in [-0.05, 0) is 84.5 Å². The molecule has 0 saturated heterocycles. The predicted molar refractivity (Wildman–Crippen MR) is 113 cm³/mol. The van der Waals surface area contributed by atoms with Crippen molar-refractivity contribution in [2.75, 3.05) is 13.2 Å². The van der Waals surface area contributed by atoms with Crippen LogP contribution in [0.1, 0.15) is 30.0 Å². The van der Waals surface area contributed by atoms with Crippen molar-refractivity contribution in [1.29, 1.82) is 0 Å². The highest BCUT2D eigenvalue weighted by atomic mass is 127. The molecule has 1 aromatic heterocycles. The van der Waals surface area contributed by atoms with Gasteiger partial charge >= 0.3 is 5.91 Å². The molecular weight excluding hydrogens is 459 g/mol. The van der Waals surface area contributed by atoms with Crippen LogP contribution in [0, 0.1) is 3.57 Å². The number of hydrazone groups is 1. The van der Waals surface area contributed by atoms with Crippen molar-refractivity contribution < 1.29 is 18.7 Å². The van der Waals surface area contributed by atoms with E-state index in [-0.39, 0.29) is 5.76 Å². The van der Waals surface area contributed by atoms with Crippen LogP contribution in [0.3, 0.4) is 0 Å². The van der Waals surface area contributed by atoms with Gasteiger partial charge in [-0.1, -0.05) is 0 Å². The van der Waals surface area contributed by atoms with E-state index in [9.17, 15) is 4.79 Å². The molecule has 0 bridgehead atoms. The van der Waals surface area contributed by atoms with Crippen LogP contribution >= 0.6 is 22.6 Å². The molecular formula is C20H19IN2O4. The van der Waals surface area contributed by atoms with Gasteiger partial charge in [-0.3, -0.25) is 4.79 Å². The van der Waals surface area contributed by atoms with Gasteiger partial charge in [0, 0.05) is 5.39 Å². The van der Waals surface area contributed by atoms with E-state index < -0.39 is 5.91 Å². The molecule has 0 aliphatic carbocycles. The molecule has 0 aliphatic rings. The van der Waals surface area contributed by atoms with E-state index in [0.717, 1.165) is 26.0 Å². The fraction of sp³-hybridized carbons (Fsp3) is 0.200. The Bertz CT molecular complexity index is 981. The highest BCUT2D eigenvalue weighted by molar-refractivity contribution is 14.1. The van der Waals surface area contributed by atoms with Crippen LogP contribution in [-0.4, -0.2) is 25.3 Å². The summed E-state index contributed by atoms with van der Waals surface area (Å²) in [6.45, 7) is 5.05. The van der Waals surface area contributed by atoms with Crippen LogP contribution in [0.4, 0.5) is 0 Å². The van der Waals surface area contributed by atoms with Crippen LogP contribution in [0.2, 0.25) is 0 Å². The molecule has 1 heterocycles. The first-order valence-electron chi connectivity index (χ1n) is 8.53. The molecule has 0 atom stereocenters. The normalized spacial score (nSPS) is 11.1. The number of ether oxygens (including phenoxy) is 2. The number of hydrogen-bond acceptors (Lipinski definition) is 5. The summed E-state index contributed by atoms with van der Waals surface area (Å²) in [5.41, 5.74) is 3.95. The van der Waals surface area contributed by atoms with Crippen molar-refractivity contribution in [3.8, 4) is 11.5 Å². The molecule has 7 heteroatoms. The maximum atomic E-state index is 12.3. The summed E-state index contributed by atoms with van der Waals surface area (Å²) in [5.74, 6) is 1.34. The predicted octanol–water partition coefficient (Wildman–Crippen LogP) is 4.60. The van der Waals surface area contributed by atoms with Gasteiger partial charge in [0.15, 0.2) is 5.76 Å². The quantitative estimate of drug-likeness (QED) is 0.306. The molecule has 0 unspecified atom stereocenters. The summed E-state index contributed by atoms with van der Waals surface area (Å²) in [7, 11) is 0. The zero-order valence-corrected chi connectivity index (χ0v) is 17.1. The van der Waals surface area contributed by atoms with E-state index in [2.05, 4.69) is 33.1 Å². The summed E-state index contributed by atoms with van der Waals surface area (Å²) in [6, 6.07) is 12.8. The molecule has 1 N–H and O–H groups in total. The van der Waals surface area contributed by atoms with Crippen molar-refractivity contribution in [3.63, 3.8) is 0 Å². The minimum atomic E-state index is -0.416. The molecule has 140 valence electrons. The average molecular weight is 478 g/mol. The topological polar surface area (TPSA) is 73.1 Å². The molecule has 2 aromatic carbocycles. The Morgan fingerprint density at radius 2 is 1.96 bits per heavy atom. The smallest absolute Gasteiger partial charge is 0.307 e. The first kappa shape index (κ1) is 19.2. The number of rotatable bonds is 7. The molecule has 3 rings (SSSR count). The number of nitrogens with zero attached hydrogens (tertiary/aromatic N) is 1. The fourth-order valence-electron chi connectivity index (χ4n) is 2.48. The van der Waals surface area contributed by atoms with E-state index in [1.165, 1.54) is 0 Å². The van der Waals surface area contributed by atoms with Crippen LogP contribution in [0.25, 0.3) is 11.0 Å². The van der Waals surface area contributed by atoms with E-state index in [1.807, 2.05) is 44.2 Å². The highest BCUT2D eigenvalue weighted by Crippen LogP contribution is 2.24. The highest BCUT2D eigenvalue weighted by Gasteiger charge is 2.12. The van der Waals surface area contributed by atoms with Gasteiger partial charge in [-0.2, -0.15) is 5.10 Å². The molecule has 6 nitrogen and oxygen atoms in total. The second-order valence-electron chi connectivity index (χ2n) is 5.57. The number of furan rings is 1. The van der Waals surface area contributed by atoms with E-state index in [1.54, 1.807) is 18.3 Å². The zero-order valence-electron chi connectivity index (χ0n) is 15.0. The van der Waals surface area contributed by atoms with Crippen molar-refractivity contribution in [1.82, 2.24) is 5.43 Å². The third-order valence-electron chi connectivity index (χ3n) is 3.66. The number of nitrogens with one attached hydrogen (secondary N) is 1. The summed E-state index contributed by atoms with van der Waals surface area (Å²) < 4.78 is 17.5. The molecule has 0 aliphatic heterocycles. The molecule has 1 amide bonds. The molecule has 0 fully saturated rings. The average Bonchev–Trinajstić information content (AvgIpc) is 3.08. The Labute approximate surface area is 170 Å². The minimum absolute atomic E-state index is 0.192. The zero-order chi connectivity index (χ0) is 19.2. The number of carbonyl (C=O) groups is 1. The summed E-state index contributed by atoms with van der Waals surface area (Å²) in [5, 5.41) is 4.80. The minimum Gasteiger partial charge on any atom is -0.494 e. The summed E-state index contributed by atoms with van der Waals surface area (Å²) in [6.07, 6.45) is 1.58. The van der Waals surface area contributed by atoms with Gasteiger partial charge in [-0.15, -0.1) is 0 Å². The van der Waals surface area contributed by atoms with Gasteiger partial charge < -0.3 is 13.9 Å². The Balaban J connectivity index is 1.67. The third-order valence-corrected chi connectivity index (χ3v) is 4.50. The van der Waals surface area contributed by atoms with E-state index in [4.69, 9.17) is 13.9 Å². The molecule has 0 radical (unpaired) electrons. The van der Waals surface area contributed by atoms with Crippen molar-refractivity contribution in [2.24, 2.45) is 5.10 Å². The molecule has 3 aromatic rings. The van der Waals surface area contributed by atoms with Crippen LogP contribution in [0.15, 0.2) is 52.0 Å². The Kier molecular flexibility index (Phi) is 6.33. The number of hydrogen-bond donors (Lipinski definition) is 1. The fourth-order valence-corrected chi connectivity index (χ4v) is 3.18. The Morgan fingerprint density at radius 3 is 2.70 bits per heavy atom. The number of benzene rings is 2. The van der Waals surface area contributed by atoms with Gasteiger partial charge in [0.2, 0.25) is 0 Å². The van der Waals surface area contributed by atoms with Crippen LogP contribution in [-0.2, 0) is 0 Å². The van der Waals surface area contributed by atoms with Crippen LogP contribution in [0.5, 0.6) is 11.5 Å². The number of fused-ring (bicyclic) bond motifs is 1. The molecule has 27 heavy (non-hydrogen) atoms. The van der Waals surface area contributed by atoms with Crippen molar-refractivity contribution in [2.45, 2.75) is 13.8 Å². The Morgan fingerprint density at radius 1 is 1.15 bits per heavy atom. The second kappa shape index (κ2) is 8.90.